The minimum atomic E-state index is 1.07. The van der Waals surface area contributed by atoms with Crippen molar-refractivity contribution in [2.45, 2.75) is 6.42 Å². The van der Waals surface area contributed by atoms with Crippen LogP contribution in [0, 0.1) is 0 Å². The van der Waals surface area contributed by atoms with E-state index >= 15 is 0 Å². The van der Waals surface area contributed by atoms with Gasteiger partial charge in [-0.2, -0.15) is 0 Å². The van der Waals surface area contributed by atoms with Crippen LogP contribution in [0.5, 0.6) is 0 Å². The minimum absolute atomic E-state index is 1.07. The lowest BCUT2D eigenvalue weighted by molar-refractivity contribution is 0.489. The third-order valence-corrected chi connectivity index (χ3v) is 1.79. The smallest absolute Gasteiger partial charge is 0.185 e. The molecule has 44 valence electrons. The standard InChI is InChI=1S/C5H10BNS/c6-7-3-1-5(8)2-4-7/h1,8H,2-4,6H2. The van der Waals surface area contributed by atoms with Crippen molar-refractivity contribution < 1.29 is 0 Å². The fourth-order valence-corrected chi connectivity index (χ4v) is 0.942. The Morgan fingerprint density at radius 3 is 2.88 bits per heavy atom. The van der Waals surface area contributed by atoms with Gasteiger partial charge in [-0.3, -0.25) is 0 Å². The molecule has 0 spiro atoms. The van der Waals surface area contributed by atoms with Crippen molar-refractivity contribution in [3.63, 3.8) is 0 Å². The summed E-state index contributed by atoms with van der Waals surface area (Å²) in [6.07, 6.45) is 3.28. The fourth-order valence-electron chi connectivity index (χ4n) is 0.760. The van der Waals surface area contributed by atoms with Gasteiger partial charge in [0.25, 0.3) is 0 Å². The van der Waals surface area contributed by atoms with Crippen molar-refractivity contribution in [3.8, 4) is 0 Å². The molecule has 0 atom stereocenters. The Morgan fingerprint density at radius 1 is 1.75 bits per heavy atom. The lowest BCUT2D eigenvalue weighted by atomic mass is 10.2. The topological polar surface area (TPSA) is 3.24 Å². The van der Waals surface area contributed by atoms with E-state index in [9.17, 15) is 0 Å². The molecule has 0 N–H and O–H groups in total. The third-order valence-electron chi connectivity index (χ3n) is 1.39. The van der Waals surface area contributed by atoms with Crippen LogP contribution in [0.3, 0.4) is 0 Å². The lowest BCUT2D eigenvalue weighted by Crippen LogP contribution is -2.24. The van der Waals surface area contributed by atoms with Crippen molar-refractivity contribution in [1.82, 2.24) is 4.81 Å². The highest BCUT2D eigenvalue weighted by Gasteiger charge is 2.02. The molecular formula is C5H10BNS. The van der Waals surface area contributed by atoms with E-state index in [1.54, 1.807) is 0 Å². The first-order chi connectivity index (χ1) is 3.79. The van der Waals surface area contributed by atoms with Crippen molar-refractivity contribution in [3.05, 3.63) is 11.0 Å². The van der Waals surface area contributed by atoms with Gasteiger partial charge in [-0.05, 0) is 17.9 Å². The Balaban J connectivity index is 2.42. The summed E-state index contributed by atoms with van der Waals surface area (Å²) < 4.78 is 0. The highest BCUT2D eigenvalue weighted by molar-refractivity contribution is 7.84. The molecule has 0 unspecified atom stereocenters. The molecular weight excluding hydrogens is 117 g/mol. The van der Waals surface area contributed by atoms with Crippen LogP contribution in [0.4, 0.5) is 0 Å². The van der Waals surface area contributed by atoms with Gasteiger partial charge in [0.05, 0.1) is 0 Å². The molecule has 0 radical (unpaired) electrons. The summed E-state index contributed by atoms with van der Waals surface area (Å²) in [4.78, 5) is 3.52. The third kappa shape index (κ3) is 1.56. The predicted molar refractivity (Wildman–Crippen MR) is 41.8 cm³/mol. The van der Waals surface area contributed by atoms with Gasteiger partial charge in [0.15, 0.2) is 7.98 Å². The molecule has 0 aromatic heterocycles. The monoisotopic (exact) mass is 127 g/mol. The van der Waals surface area contributed by atoms with Crippen LogP contribution in [0.2, 0.25) is 0 Å². The molecule has 0 bridgehead atoms. The SMILES string of the molecule is BN1CC=C(S)CC1. The van der Waals surface area contributed by atoms with Crippen LogP contribution in [0.15, 0.2) is 11.0 Å². The van der Waals surface area contributed by atoms with Gasteiger partial charge < -0.3 is 4.81 Å². The second kappa shape index (κ2) is 2.60. The summed E-state index contributed by atoms with van der Waals surface area (Å²) in [5.41, 5.74) is 0. The van der Waals surface area contributed by atoms with E-state index in [1.807, 2.05) is 0 Å². The second-order valence-electron chi connectivity index (χ2n) is 2.21. The van der Waals surface area contributed by atoms with Crippen LogP contribution in [-0.2, 0) is 0 Å². The maximum Gasteiger partial charge on any atom is 0.185 e. The van der Waals surface area contributed by atoms with E-state index in [2.05, 4.69) is 31.5 Å². The van der Waals surface area contributed by atoms with Gasteiger partial charge in [-0.1, -0.05) is 6.08 Å². The van der Waals surface area contributed by atoms with E-state index < -0.39 is 0 Å². The van der Waals surface area contributed by atoms with Crippen molar-refractivity contribution in [2.24, 2.45) is 0 Å². The summed E-state index contributed by atoms with van der Waals surface area (Å²) in [5.74, 6) is 0. The maximum absolute atomic E-state index is 4.24. The van der Waals surface area contributed by atoms with Crippen LogP contribution in [0.25, 0.3) is 0 Å². The van der Waals surface area contributed by atoms with Crippen LogP contribution >= 0.6 is 12.6 Å². The molecule has 0 amide bonds. The Bertz CT molecular complexity index is 113. The molecule has 0 aromatic rings. The molecule has 1 nitrogen and oxygen atoms in total. The molecule has 0 saturated heterocycles. The van der Waals surface area contributed by atoms with E-state index in [0.29, 0.717) is 0 Å². The fraction of sp³-hybridized carbons (Fsp3) is 0.600. The van der Waals surface area contributed by atoms with Crippen LogP contribution in [0.1, 0.15) is 6.42 Å². The number of thiol groups is 1. The highest BCUT2D eigenvalue weighted by Crippen LogP contribution is 2.10. The highest BCUT2D eigenvalue weighted by atomic mass is 32.1. The average molecular weight is 127 g/mol. The number of nitrogens with zero attached hydrogens (tertiary/aromatic N) is 1. The summed E-state index contributed by atoms with van der Waals surface area (Å²) in [7, 11) is 2.12. The number of hydrogen-bond donors (Lipinski definition) is 1. The summed E-state index contributed by atoms with van der Waals surface area (Å²) in [6, 6.07) is 0. The Kier molecular flexibility index (Phi) is 2.03. The van der Waals surface area contributed by atoms with Gasteiger partial charge >= 0.3 is 0 Å². The molecule has 0 aliphatic carbocycles. The van der Waals surface area contributed by atoms with Gasteiger partial charge in [-0.25, -0.2) is 0 Å². The summed E-state index contributed by atoms with van der Waals surface area (Å²) in [5, 5.41) is 0. The average Bonchev–Trinajstić information content (AvgIpc) is 1.77. The zero-order chi connectivity index (χ0) is 5.98. The quantitative estimate of drug-likeness (QED) is 0.355. The maximum atomic E-state index is 4.24. The zero-order valence-corrected chi connectivity index (χ0v) is 5.99. The molecule has 0 fully saturated rings. The second-order valence-corrected chi connectivity index (χ2v) is 2.78. The minimum Gasteiger partial charge on any atom is -0.345 e. The largest absolute Gasteiger partial charge is 0.345 e. The Labute approximate surface area is 56.6 Å². The normalized spacial score (nSPS) is 22.9. The Morgan fingerprint density at radius 2 is 2.50 bits per heavy atom. The molecule has 1 rings (SSSR count). The molecule has 0 saturated carbocycles. The van der Waals surface area contributed by atoms with Gasteiger partial charge in [0.1, 0.15) is 0 Å². The van der Waals surface area contributed by atoms with Gasteiger partial charge in [0, 0.05) is 6.54 Å². The number of hydrogen-bond acceptors (Lipinski definition) is 2. The summed E-state index contributed by atoms with van der Waals surface area (Å²) in [6.45, 7) is 2.23. The van der Waals surface area contributed by atoms with Crippen LogP contribution in [-0.4, -0.2) is 25.9 Å². The van der Waals surface area contributed by atoms with E-state index in [1.165, 1.54) is 4.91 Å². The molecule has 0 aromatic carbocycles. The Hall–Kier alpha value is 0.115. The lowest BCUT2D eigenvalue weighted by Gasteiger charge is -2.19. The van der Waals surface area contributed by atoms with Crippen molar-refractivity contribution in [1.29, 1.82) is 0 Å². The first kappa shape index (κ1) is 6.24. The predicted octanol–water partition coefficient (Wildman–Crippen LogP) is 0.0539. The van der Waals surface area contributed by atoms with E-state index in [0.717, 1.165) is 19.5 Å². The molecule has 8 heavy (non-hydrogen) atoms. The first-order valence-electron chi connectivity index (χ1n) is 2.85. The number of rotatable bonds is 0. The van der Waals surface area contributed by atoms with Crippen molar-refractivity contribution in [2.75, 3.05) is 13.1 Å². The van der Waals surface area contributed by atoms with Gasteiger partial charge in [-0.15, -0.1) is 12.6 Å². The molecule has 3 heteroatoms. The van der Waals surface area contributed by atoms with Crippen molar-refractivity contribution >= 4 is 20.6 Å². The van der Waals surface area contributed by atoms with Gasteiger partial charge in [0.2, 0.25) is 0 Å². The molecule has 1 aliphatic heterocycles. The first-order valence-corrected chi connectivity index (χ1v) is 3.30. The van der Waals surface area contributed by atoms with E-state index in [-0.39, 0.29) is 0 Å². The molecule has 1 heterocycles. The summed E-state index contributed by atoms with van der Waals surface area (Å²) >= 11 is 4.24. The van der Waals surface area contributed by atoms with Crippen LogP contribution < -0.4 is 0 Å². The molecule has 1 aliphatic rings. The van der Waals surface area contributed by atoms with E-state index in [4.69, 9.17) is 0 Å². The zero-order valence-electron chi connectivity index (χ0n) is 5.09.